The Morgan fingerprint density at radius 2 is 2.28 bits per heavy atom. The molecule has 1 unspecified atom stereocenters. The number of anilines is 1. The lowest BCUT2D eigenvalue weighted by Gasteiger charge is -2.22. The fourth-order valence-electron chi connectivity index (χ4n) is 2.71. The molecule has 2 rings (SSSR count). The van der Waals surface area contributed by atoms with Crippen LogP contribution >= 0.6 is 15.9 Å². The molecular formula is C14H20BrFN2. The summed E-state index contributed by atoms with van der Waals surface area (Å²) in [6.07, 6.45) is 7.78. The monoisotopic (exact) mass is 314 g/mol. The van der Waals surface area contributed by atoms with Crippen molar-refractivity contribution in [3.05, 3.63) is 22.6 Å². The lowest BCUT2D eigenvalue weighted by atomic mass is 9.96. The second-order valence-electron chi connectivity index (χ2n) is 5.03. The first-order valence-corrected chi connectivity index (χ1v) is 7.56. The summed E-state index contributed by atoms with van der Waals surface area (Å²) in [7, 11) is 0. The Balaban J connectivity index is 2.05. The molecule has 1 aromatic rings. The number of nitrogens with zero attached hydrogens (tertiary/aromatic N) is 2. The Kier molecular flexibility index (Phi) is 4.98. The summed E-state index contributed by atoms with van der Waals surface area (Å²) < 4.78 is 14.6. The standard InChI is InChI=1S/C14H20BrFN2/c1-2-4-11-5-3-7-18(8-6-11)14-13(16)9-12(15)10-17-14/h9-11H,2-8H2,1H3. The highest BCUT2D eigenvalue weighted by Gasteiger charge is 2.19. The highest BCUT2D eigenvalue weighted by Crippen LogP contribution is 2.26. The molecular weight excluding hydrogens is 295 g/mol. The molecule has 4 heteroatoms. The molecule has 1 fully saturated rings. The van der Waals surface area contributed by atoms with Crippen molar-refractivity contribution in [3.8, 4) is 0 Å². The van der Waals surface area contributed by atoms with E-state index in [0.29, 0.717) is 10.3 Å². The fraction of sp³-hybridized carbons (Fsp3) is 0.643. The molecule has 100 valence electrons. The van der Waals surface area contributed by atoms with Crippen LogP contribution in [0.1, 0.15) is 39.0 Å². The van der Waals surface area contributed by atoms with E-state index in [1.165, 1.54) is 25.3 Å². The van der Waals surface area contributed by atoms with Gasteiger partial charge in [-0.15, -0.1) is 0 Å². The molecule has 0 aromatic carbocycles. The molecule has 18 heavy (non-hydrogen) atoms. The molecule has 0 spiro atoms. The van der Waals surface area contributed by atoms with Crippen molar-refractivity contribution in [1.82, 2.24) is 4.98 Å². The predicted octanol–water partition coefficient (Wildman–Crippen LogP) is 4.39. The Labute approximate surface area is 117 Å². The minimum absolute atomic E-state index is 0.224. The average molecular weight is 315 g/mol. The van der Waals surface area contributed by atoms with Gasteiger partial charge in [0.2, 0.25) is 0 Å². The Bertz CT molecular complexity index is 397. The summed E-state index contributed by atoms with van der Waals surface area (Å²) in [5, 5.41) is 0. The van der Waals surface area contributed by atoms with Crippen molar-refractivity contribution in [1.29, 1.82) is 0 Å². The van der Waals surface area contributed by atoms with Crippen LogP contribution in [0.4, 0.5) is 10.2 Å². The van der Waals surface area contributed by atoms with Gasteiger partial charge in [-0.3, -0.25) is 0 Å². The Morgan fingerprint density at radius 3 is 3.00 bits per heavy atom. The van der Waals surface area contributed by atoms with E-state index in [9.17, 15) is 4.39 Å². The van der Waals surface area contributed by atoms with E-state index >= 15 is 0 Å². The summed E-state index contributed by atoms with van der Waals surface area (Å²) in [4.78, 5) is 6.31. The van der Waals surface area contributed by atoms with Crippen LogP contribution in [-0.2, 0) is 0 Å². The Morgan fingerprint density at radius 1 is 1.44 bits per heavy atom. The zero-order chi connectivity index (χ0) is 13.0. The van der Waals surface area contributed by atoms with E-state index in [1.54, 1.807) is 6.20 Å². The Hall–Kier alpha value is -0.640. The molecule has 0 saturated carbocycles. The van der Waals surface area contributed by atoms with E-state index in [2.05, 4.69) is 32.7 Å². The van der Waals surface area contributed by atoms with Crippen molar-refractivity contribution in [3.63, 3.8) is 0 Å². The van der Waals surface area contributed by atoms with Gasteiger partial charge < -0.3 is 4.90 Å². The smallest absolute Gasteiger partial charge is 0.166 e. The van der Waals surface area contributed by atoms with E-state index in [0.717, 1.165) is 31.8 Å². The highest BCUT2D eigenvalue weighted by molar-refractivity contribution is 9.10. The molecule has 1 aliphatic heterocycles. The van der Waals surface area contributed by atoms with Crippen LogP contribution < -0.4 is 4.90 Å². The second-order valence-corrected chi connectivity index (χ2v) is 5.95. The number of rotatable bonds is 3. The van der Waals surface area contributed by atoms with Crippen LogP contribution in [0.3, 0.4) is 0 Å². The minimum atomic E-state index is -0.224. The van der Waals surface area contributed by atoms with E-state index in [4.69, 9.17) is 0 Å². The van der Waals surface area contributed by atoms with Gasteiger partial charge in [0.05, 0.1) is 0 Å². The van der Waals surface area contributed by atoms with Crippen molar-refractivity contribution in [2.75, 3.05) is 18.0 Å². The van der Waals surface area contributed by atoms with Crippen LogP contribution in [0.25, 0.3) is 0 Å². The number of pyridine rings is 1. The number of hydrogen-bond donors (Lipinski definition) is 0. The third-order valence-electron chi connectivity index (χ3n) is 3.63. The SMILES string of the molecule is CCCC1CCCN(c2ncc(Br)cc2F)CC1. The van der Waals surface area contributed by atoms with Crippen molar-refractivity contribution >= 4 is 21.7 Å². The van der Waals surface area contributed by atoms with Gasteiger partial charge in [0.25, 0.3) is 0 Å². The van der Waals surface area contributed by atoms with Gasteiger partial charge >= 0.3 is 0 Å². The van der Waals surface area contributed by atoms with Gasteiger partial charge in [-0.05, 0) is 47.2 Å². The van der Waals surface area contributed by atoms with Crippen LogP contribution in [0, 0.1) is 11.7 Å². The molecule has 1 saturated heterocycles. The summed E-state index contributed by atoms with van der Waals surface area (Å²) in [5.74, 6) is 1.09. The van der Waals surface area contributed by atoms with Crippen molar-refractivity contribution < 1.29 is 4.39 Å². The molecule has 0 amide bonds. The topological polar surface area (TPSA) is 16.1 Å². The maximum absolute atomic E-state index is 13.9. The average Bonchev–Trinajstić information content (AvgIpc) is 2.55. The van der Waals surface area contributed by atoms with Crippen LogP contribution in [-0.4, -0.2) is 18.1 Å². The molecule has 1 aliphatic rings. The molecule has 0 N–H and O–H groups in total. The predicted molar refractivity (Wildman–Crippen MR) is 76.4 cm³/mol. The van der Waals surface area contributed by atoms with Gasteiger partial charge in [0, 0.05) is 23.8 Å². The fourth-order valence-corrected chi connectivity index (χ4v) is 3.02. The largest absolute Gasteiger partial charge is 0.354 e. The summed E-state index contributed by atoms with van der Waals surface area (Å²) in [6, 6.07) is 1.50. The highest BCUT2D eigenvalue weighted by atomic mass is 79.9. The van der Waals surface area contributed by atoms with Gasteiger partial charge in [-0.2, -0.15) is 0 Å². The van der Waals surface area contributed by atoms with Crippen molar-refractivity contribution in [2.24, 2.45) is 5.92 Å². The van der Waals surface area contributed by atoms with Gasteiger partial charge in [0.15, 0.2) is 11.6 Å². The van der Waals surface area contributed by atoms with E-state index in [1.807, 2.05) is 0 Å². The van der Waals surface area contributed by atoms with Crippen LogP contribution in [0.15, 0.2) is 16.7 Å². The zero-order valence-electron chi connectivity index (χ0n) is 10.8. The van der Waals surface area contributed by atoms with E-state index < -0.39 is 0 Å². The molecule has 1 atom stereocenters. The van der Waals surface area contributed by atoms with E-state index in [-0.39, 0.29) is 5.82 Å². The maximum Gasteiger partial charge on any atom is 0.166 e. The van der Waals surface area contributed by atoms with Gasteiger partial charge in [-0.1, -0.05) is 19.8 Å². The third kappa shape index (κ3) is 3.44. The lowest BCUT2D eigenvalue weighted by Crippen LogP contribution is -2.26. The normalized spacial score (nSPS) is 20.8. The molecule has 0 radical (unpaired) electrons. The number of hydrogen-bond acceptors (Lipinski definition) is 2. The second kappa shape index (κ2) is 6.50. The zero-order valence-corrected chi connectivity index (χ0v) is 12.4. The maximum atomic E-state index is 13.9. The number of halogens is 2. The summed E-state index contributed by atoms with van der Waals surface area (Å²) >= 11 is 3.24. The van der Waals surface area contributed by atoms with Crippen LogP contribution in [0.5, 0.6) is 0 Å². The first-order valence-electron chi connectivity index (χ1n) is 6.76. The molecule has 1 aromatic heterocycles. The van der Waals surface area contributed by atoms with Gasteiger partial charge in [0.1, 0.15) is 0 Å². The summed E-state index contributed by atoms with van der Waals surface area (Å²) in [5.41, 5.74) is 0. The lowest BCUT2D eigenvalue weighted by molar-refractivity contribution is 0.435. The molecule has 0 bridgehead atoms. The molecule has 0 aliphatic carbocycles. The first-order chi connectivity index (χ1) is 8.70. The van der Waals surface area contributed by atoms with Crippen molar-refractivity contribution in [2.45, 2.75) is 39.0 Å². The van der Waals surface area contributed by atoms with Gasteiger partial charge in [-0.25, -0.2) is 9.37 Å². The minimum Gasteiger partial charge on any atom is -0.354 e. The molecule has 2 heterocycles. The summed E-state index contributed by atoms with van der Waals surface area (Å²) in [6.45, 7) is 4.08. The third-order valence-corrected chi connectivity index (χ3v) is 4.07. The number of aromatic nitrogens is 1. The quantitative estimate of drug-likeness (QED) is 0.822. The van der Waals surface area contributed by atoms with Crippen LogP contribution in [0.2, 0.25) is 0 Å². The molecule has 2 nitrogen and oxygen atoms in total. The first kappa shape index (κ1) is 13.8.